The number of hydrogen-bond donors (Lipinski definition) is 3. The summed E-state index contributed by atoms with van der Waals surface area (Å²) in [6, 6.07) is 15.0. The molecule has 2 aliphatic carbocycles. The summed E-state index contributed by atoms with van der Waals surface area (Å²) < 4.78 is 18.8. The number of carboxylic acids is 1. The molecule has 2 aromatic carbocycles. The molecule has 3 aromatic rings. The molecule has 0 radical (unpaired) electrons. The van der Waals surface area contributed by atoms with Crippen LogP contribution in [0.3, 0.4) is 0 Å². The Labute approximate surface area is 316 Å². The third-order valence-electron chi connectivity index (χ3n) is 9.70. The number of nitrogens with one attached hydrogen (secondary N) is 2. The van der Waals surface area contributed by atoms with E-state index in [2.05, 4.69) is 46.9 Å². The Morgan fingerprint density at radius 1 is 0.944 bits per heavy atom. The van der Waals surface area contributed by atoms with Crippen LogP contribution in [-0.2, 0) is 41.7 Å². The molecule has 2 aliphatic rings. The number of carboxylic acid groups (broad SMARTS) is 1. The third-order valence-corrected chi connectivity index (χ3v) is 9.70. The molecule has 1 fully saturated rings. The molecule has 1 atom stereocenters. The maximum Gasteiger partial charge on any atom is 0.407 e. The van der Waals surface area contributed by atoms with Gasteiger partial charge in [-0.1, -0.05) is 81.4 Å². The second-order valence-corrected chi connectivity index (χ2v) is 15.2. The first kappa shape index (κ1) is 40.3. The van der Waals surface area contributed by atoms with Gasteiger partial charge in [-0.2, -0.15) is 0 Å². The number of aromatic nitrogens is 3. The first-order chi connectivity index (χ1) is 25.9. The molecule has 0 bridgehead atoms. The number of benzene rings is 2. The van der Waals surface area contributed by atoms with Crippen LogP contribution in [0.25, 0.3) is 11.1 Å². The molecule has 3 N–H and O–H groups in total. The van der Waals surface area contributed by atoms with Crippen LogP contribution in [-0.4, -0.2) is 82.7 Å². The van der Waals surface area contributed by atoms with E-state index >= 15 is 0 Å². The number of Topliss-reactive ketones (excluding diaryl/α,β-unsaturated/α-hetero) is 2. The summed E-state index contributed by atoms with van der Waals surface area (Å²) in [6.07, 6.45) is 3.60. The van der Waals surface area contributed by atoms with Gasteiger partial charge in [0.1, 0.15) is 12.6 Å². The summed E-state index contributed by atoms with van der Waals surface area (Å²) in [7, 11) is 0. The average Bonchev–Trinajstić information content (AvgIpc) is 3.70. The highest BCUT2D eigenvalue weighted by atomic mass is 16.5. The van der Waals surface area contributed by atoms with Crippen molar-refractivity contribution in [3.63, 3.8) is 0 Å². The first-order valence-corrected chi connectivity index (χ1v) is 18.8. The summed E-state index contributed by atoms with van der Waals surface area (Å²) in [6.45, 7) is 10.5. The number of unbranched alkanes of at least 4 members (excludes halogenated alkanes) is 1. The number of ketones is 2. The molecular formula is C41H53N5O8. The summed E-state index contributed by atoms with van der Waals surface area (Å²) in [5, 5.41) is 23.7. The van der Waals surface area contributed by atoms with Crippen molar-refractivity contribution in [2.24, 2.45) is 11.3 Å². The summed E-state index contributed by atoms with van der Waals surface area (Å²) in [5.74, 6) is -1.13. The van der Waals surface area contributed by atoms with E-state index in [1.165, 1.54) is 0 Å². The largest absolute Gasteiger partial charge is 0.480 e. The zero-order valence-corrected chi connectivity index (χ0v) is 31.8. The molecular weight excluding hydrogens is 690 g/mol. The van der Waals surface area contributed by atoms with Crippen molar-refractivity contribution >= 4 is 23.6 Å². The van der Waals surface area contributed by atoms with Crippen LogP contribution in [0, 0.1) is 11.3 Å². The fourth-order valence-corrected chi connectivity index (χ4v) is 7.17. The van der Waals surface area contributed by atoms with E-state index in [0.29, 0.717) is 76.3 Å². The lowest BCUT2D eigenvalue weighted by Crippen LogP contribution is -2.41. The van der Waals surface area contributed by atoms with Gasteiger partial charge in [-0.05, 0) is 59.3 Å². The third kappa shape index (κ3) is 10.8. The van der Waals surface area contributed by atoms with E-state index in [1.54, 1.807) is 10.9 Å². The van der Waals surface area contributed by atoms with Crippen molar-refractivity contribution in [2.75, 3.05) is 33.0 Å². The zero-order chi connectivity index (χ0) is 38.7. The Balaban J connectivity index is 0.972. The highest BCUT2D eigenvalue weighted by molar-refractivity contribution is 6.22. The molecule has 0 spiro atoms. The molecule has 1 amide bonds. The number of rotatable bonds is 20. The minimum Gasteiger partial charge on any atom is -0.480 e. The lowest BCUT2D eigenvalue weighted by molar-refractivity contribution is -0.139. The smallest absolute Gasteiger partial charge is 0.407 e. The maximum atomic E-state index is 12.8. The van der Waals surface area contributed by atoms with E-state index in [1.807, 2.05) is 50.2 Å². The van der Waals surface area contributed by atoms with Gasteiger partial charge in [0.15, 0.2) is 11.6 Å². The van der Waals surface area contributed by atoms with Gasteiger partial charge < -0.3 is 30.0 Å². The van der Waals surface area contributed by atoms with Gasteiger partial charge >= 0.3 is 12.1 Å². The van der Waals surface area contributed by atoms with Gasteiger partial charge in [-0.25, -0.2) is 14.3 Å². The highest BCUT2D eigenvalue weighted by Crippen LogP contribution is 2.44. The van der Waals surface area contributed by atoms with Crippen LogP contribution >= 0.6 is 0 Å². The molecule has 1 heterocycles. The van der Waals surface area contributed by atoms with Crippen molar-refractivity contribution in [1.29, 1.82) is 0 Å². The number of aryl methyl sites for hydroxylation is 1. The maximum absolute atomic E-state index is 12.8. The molecule has 0 saturated heterocycles. The lowest BCUT2D eigenvalue weighted by Gasteiger charge is -2.30. The first-order valence-electron chi connectivity index (χ1n) is 18.8. The number of carbonyl (C=O) groups excluding carboxylic acids is 3. The van der Waals surface area contributed by atoms with Gasteiger partial charge in [0, 0.05) is 37.5 Å². The number of alkyl carbamates (subject to hydrolysis) is 1. The number of ether oxygens (including phenoxy) is 3. The molecule has 290 valence electrons. The van der Waals surface area contributed by atoms with E-state index in [4.69, 9.17) is 14.2 Å². The lowest BCUT2D eigenvalue weighted by atomic mass is 9.73. The van der Waals surface area contributed by atoms with Gasteiger partial charge in [-0.15, -0.1) is 5.10 Å². The van der Waals surface area contributed by atoms with Gasteiger partial charge in [0.05, 0.1) is 43.9 Å². The molecule has 5 rings (SSSR count). The van der Waals surface area contributed by atoms with Gasteiger partial charge in [0.2, 0.25) is 0 Å². The van der Waals surface area contributed by atoms with Crippen LogP contribution in [0.2, 0.25) is 0 Å². The number of amides is 1. The summed E-state index contributed by atoms with van der Waals surface area (Å²) >= 11 is 0. The van der Waals surface area contributed by atoms with E-state index < -0.39 is 18.1 Å². The number of allylic oxidation sites excluding steroid dienone is 2. The van der Waals surface area contributed by atoms with Crippen molar-refractivity contribution in [2.45, 2.75) is 91.3 Å². The quantitative estimate of drug-likeness (QED) is 0.0724. The second kappa shape index (κ2) is 18.9. The van der Waals surface area contributed by atoms with Gasteiger partial charge in [0.25, 0.3) is 0 Å². The summed E-state index contributed by atoms with van der Waals surface area (Å²) in [5.41, 5.74) is 5.90. The second-order valence-electron chi connectivity index (χ2n) is 15.2. The number of nitrogens with zero attached hydrogens (tertiary/aromatic N) is 3. The average molecular weight is 744 g/mol. The topological polar surface area (TPSA) is 171 Å². The number of fused-ring (bicyclic) bond motifs is 3. The monoisotopic (exact) mass is 743 g/mol. The number of aliphatic carboxylic acids is 1. The highest BCUT2D eigenvalue weighted by Gasteiger charge is 2.37. The fourth-order valence-electron chi connectivity index (χ4n) is 7.17. The Bertz CT molecular complexity index is 1750. The predicted octanol–water partition coefficient (Wildman–Crippen LogP) is 5.82. The molecule has 1 saturated carbocycles. The van der Waals surface area contributed by atoms with Crippen molar-refractivity contribution < 1.29 is 38.5 Å². The minimum atomic E-state index is -1.12. The van der Waals surface area contributed by atoms with Gasteiger partial charge in [-0.3, -0.25) is 9.59 Å². The molecule has 1 unspecified atom stereocenters. The van der Waals surface area contributed by atoms with Crippen LogP contribution in [0.15, 0.2) is 66.0 Å². The zero-order valence-electron chi connectivity index (χ0n) is 31.8. The Kier molecular flexibility index (Phi) is 14.1. The van der Waals surface area contributed by atoms with E-state index in [-0.39, 0.29) is 48.5 Å². The molecule has 0 aliphatic heterocycles. The van der Waals surface area contributed by atoms with E-state index in [0.717, 1.165) is 27.9 Å². The fraction of sp³-hybridized carbons (Fsp3) is 0.512. The Morgan fingerprint density at radius 3 is 2.24 bits per heavy atom. The number of carbonyl (C=O) groups is 4. The molecule has 13 nitrogen and oxygen atoms in total. The summed E-state index contributed by atoms with van der Waals surface area (Å²) in [4.78, 5) is 50.3. The van der Waals surface area contributed by atoms with E-state index in [9.17, 15) is 24.3 Å². The van der Waals surface area contributed by atoms with Crippen LogP contribution in [0.4, 0.5) is 4.79 Å². The molecule has 13 heteroatoms. The molecule has 54 heavy (non-hydrogen) atoms. The normalized spacial score (nSPS) is 15.5. The minimum absolute atomic E-state index is 0.0880. The Morgan fingerprint density at radius 2 is 1.59 bits per heavy atom. The van der Waals surface area contributed by atoms with Crippen LogP contribution in [0.5, 0.6) is 0 Å². The van der Waals surface area contributed by atoms with Crippen molar-refractivity contribution in [3.05, 3.63) is 82.8 Å². The standard InChI is InChI=1S/C41H53N5O8/c1-27(2)21-35(38-36(47)22-41(3,4)23-37(38)48)42-16-18-52-19-20-53-25-28-24-43-45-46(28)17-10-9-15-34(39(49)50)44-40(51)54-26-33-31-13-7-5-11-29(31)30-12-6-8-14-32(30)33/h5-8,11-14,24,27,33-34,42H,9-10,15-23,25-26H2,1-4H3,(H,44,51)(H,49,50). The van der Waals surface area contributed by atoms with Crippen molar-refractivity contribution in [3.8, 4) is 11.1 Å². The Hall–Kier alpha value is -4.88. The SMILES string of the molecule is CC(C)CC(NCCOCCOCc1cnnn1CCCCC(NC(=O)OCC1c2ccccc2-c2ccccc21)C(=O)O)=C1C(=O)CC(C)(C)CC1=O. The van der Waals surface area contributed by atoms with Crippen molar-refractivity contribution in [1.82, 2.24) is 25.6 Å². The molecule has 1 aromatic heterocycles. The van der Waals surface area contributed by atoms with Crippen LogP contribution < -0.4 is 10.6 Å². The number of hydrogen-bond acceptors (Lipinski definition) is 10. The predicted molar refractivity (Wildman–Crippen MR) is 201 cm³/mol. The van der Waals surface area contributed by atoms with Crippen LogP contribution in [0.1, 0.15) is 89.0 Å².